The van der Waals surface area contributed by atoms with Crippen LogP contribution < -0.4 is 0 Å². The lowest BCUT2D eigenvalue weighted by atomic mass is 9.77. The molecule has 4 heteroatoms. The van der Waals surface area contributed by atoms with Crippen molar-refractivity contribution in [2.75, 3.05) is 0 Å². The molecule has 2 aliphatic rings. The van der Waals surface area contributed by atoms with Gasteiger partial charge < -0.3 is 0 Å². The molecule has 2 aliphatic carbocycles. The summed E-state index contributed by atoms with van der Waals surface area (Å²) in [7, 11) is 0. The predicted molar refractivity (Wildman–Crippen MR) is 167 cm³/mol. The second-order valence-corrected chi connectivity index (χ2v) is 12.0. The molecule has 0 radical (unpaired) electrons. The van der Waals surface area contributed by atoms with E-state index in [0.29, 0.717) is 0 Å². The van der Waals surface area contributed by atoms with Crippen molar-refractivity contribution in [2.45, 2.75) is 43.9 Å². The maximum atomic E-state index is 12.0. The van der Waals surface area contributed by atoms with E-state index in [1.54, 1.807) is 0 Å². The van der Waals surface area contributed by atoms with Gasteiger partial charge in [0.15, 0.2) is 23.1 Å². The number of ketones is 4. The first-order valence-corrected chi connectivity index (χ1v) is 14.6. The van der Waals surface area contributed by atoms with Gasteiger partial charge in [0, 0.05) is 5.41 Å². The van der Waals surface area contributed by atoms with Crippen molar-refractivity contribution in [1.29, 1.82) is 0 Å². The Balaban J connectivity index is 1.08. The van der Waals surface area contributed by atoms with Crippen LogP contribution in [0, 0.1) is 0 Å². The van der Waals surface area contributed by atoms with Crippen LogP contribution in [-0.4, -0.2) is 23.1 Å². The second-order valence-electron chi connectivity index (χ2n) is 12.0. The summed E-state index contributed by atoms with van der Waals surface area (Å²) < 4.78 is 0. The highest BCUT2D eigenvalue weighted by Gasteiger charge is 2.30. The summed E-state index contributed by atoms with van der Waals surface area (Å²) in [6, 6.07) is 33.0. The highest BCUT2D eigenvalue weighted by Crippen LogP contribution is 2.33. The van der Waals surface area contributed by atoms with Crippen molar-refractivity contribution in [1.82, 2.24) is 0 Å². The fraction of sp³-hybridized carbons (Fsp3) is 0.179. The number of hydrogen-bond donors (Lipinski definition) is 0. The van der Waals surface area contributed by atoms with Crippen molar-refractivity contribution in [3.63, 3.8) is 0 Å². The first kappa shape index (κ1) is 28.2. The zero-order valence-corrected chi connectivity index (χ0v) is 24.2. The van der Waals surface area contributed by atoms with Crippen molar-refractivity contribution in [3.8, 4) is 0 Å². The molecule has 212 valence electrons. The Morgan fingerprint density at radius 2 is 0.674 bits per heavy atom. The van der Waals surface area contributed by atoms with Crippen LogP contribution in [0.1, 0.15) is 70.2 Å². The normalized spacial score (nSPS) is 15.7. The van der Waals surface area contributed by atoms with Gasteiger partial charge in [-0.15, -0.1) is 0 Å². The van der Waals surface area contributed by atoms with Gasteiger partial charge in [-0.05, 0) is 81.7 Å². The average molecular weight is 565 g/mol. The van der Waals surface area contributed by atoms with Gasteiger partial charge in [-0.2, -0.15) is 0 Å². The highest BCUT2D eigenvalue weighted by molar-refractivity contribution is 6.23. The molecule has 4 aromatic carbocycles. The molecular weight excluding hydrogens is 532 g/mol. The van der Waals surface area contributed by atoms with Gasteiger partial charge >= 0.3 is 0 Å². The molecule has 4 nitrogen and oxygen atoms in total. The lowest BCUT2D eigenvalue weighted by Gasteiger charge is -2.26. The minimum absolute atomic E-state index is 0.146. The predicted octanol–water partition coefficient (Wildman–Crippen LogP) is 6.78. The second kappa shape index (κ2) is 11.4. The van der Waals surface area contributed by atoms with Crippen LogP contribution in [0.15, 0.2) is 121 Å². The van der Waals surface area contributed by atoms with E-state index in [9.17, 15) is 19.2 Å². The fourth-order valence-electron chi connectivity index (χ4n) is 6.02. The molecule has 0 atom stereocenters. The Morgan fingerprint density at radius 3 is 0.953 bits per heavy atom. The standard InChI is InChI=1S/C39H32O4/c1-39(2,31-15-7-27(8-16-31)23-25-3-11-29(12-4-25)37-33(40)19-20-34(37)41)32-17-9-28(10-18-32)24-26-5-13-30(14-6-26)38-35(42)21-22-36(38)43/h3-22,37-38H,23-24H2,1-2H3. The van der Waals surface area contributed by atoms with E-state index < -0.39 is 11.8 Å². The molecule has 0 spiro atoms. The van der Waals surface area contributed by atoms with E-state index in [2.05, 4.69) is 62.4 Å². The van der Waals surface area contributed by atoms with E-state index in [0.717, 1.165) is 35.1 Å². The Bertz CT molecular complexity index is 1600. The molecule has 0 fully saturated rings. The van der Waals surface area contributed by atoms with Crippen LogP contribution in [0.5, 0.6) is 0 Å². The van der Waals surface area contributed by atoms with Crippen LogP contribution in [0.3, 0.4) is 0 Å². The molecule has 0 amide bonds. The maximum absolute atomic E-state index is 12.0. The van der Waals surface area contributed by atoms with Crippen molar-refractivity contribution < 1.29 is 19.2 Å². The Kier molecular flexibility index (Phi) is 7.45. The molecular formula is C39H32O4. The van der Waals surface area contributed by atoms with Gasteiger partial charge in [-0.3, -0.25) is 19.2 Å². The van der Waals surface area contributed by atoms with Crippen LogP contribution >= 0.6 is 0 Å². The first-order valence-electron chi connectivity index (χ1n) is 14.6. The van der Waals surface area contributed by atoms with Crippen LogP contribution in [0.2, 0.25) is 0 Å². The number of hydrogen-bond acceptors (Lipinski definition) is 4. The summed E-state index contributed by atoms with van der Waals surface area (Å²) in [5.41, 5.74) is 8.42. The molecule has 6 rings (SSSR count). The summed E-state index contributed by atoms with van der Waals surface area (Å²) in [5.74, 6) is -1.95. The molecule has 43 heavy (non-hydrogen) atoms. The summed E-state index contributed by atoms with van der Waals surface area (Å²) in [6.07, 6.45) is 7.00. The van der Waals surface area contributed by atoms with E-state index in [1.807, 2.05) is 48.5 Å². The zero-order valence-electron chi connectivity index (χ0n) is 24.2. The van der Waals surface area contributed by atoms with E-state index >= 15 is 0 Å². The number of rotatable bonds is 8. The number of carbonyl (C=O) groups excluding carboxylic acids is 4. The lowest BCUT2D eigenvalue weighted by molar-refractivity contribution is -0.124. The van der Waals surface area contributed by atoms with E-state index in [1.165, 1.54) is 46.6 Å². The molecule has 0 aliphatic heterocycles. The molecule has 0 saturated carbocycles. The third-order valence-electron chi connectivity index (χ3n) is 8.76. The topological polar surface area (TPSA) is 68.3 Å². The van der Waals surface area contributed by atoms with Crippen molar-refractivity contribution >= 4 is 23.1 Å². The van der Waals surface area contributed by atoms with Gasteiger partial charge in [0.2, 0.25) is 0 Å². The zero-order chi connectivity index (χ0) is 30.1. The average Bonchev–Trinajstić information content (AvgIpc) is 3.53. The van der Waals surface area contributed by atoms with E-state index in [-0.39, 0.29) is 28.5 Å². The quantitative estimate of drug-likeness (QED) is 0.221. The smallest absolute Gasteiger partial charge is 0.171 e. The largest absolute Gasteiger partial charge is 0.294 e. The molecule has 0 N–H and O–H groups in total. The van der Waals surface area contributed by atoms with Gasteiger partial charge in [0.1, 0.15) is 11.8 Å². The summed E-state index contributed by atoms with van der Waals surface area (Å²) >= 11 is 0. The Hall–Kier alpha value is -4.96. The minimum Gasteiger partial charge on any atom is -0.294 e. The van der Waals surface area contributed by atoms with Gasteiger partial charge in [-0.25, -0.2) is 0 Å². The molecule has 0 aromatic heterocycles. The van der Waals surface area contributed by atoms with Crippen molar-refractivity contribution in [3.05, 3.63) is 166 Å². The molecule has 4 aromatic rings. The number of carbonyl (C=O) groups is 4. The van der Waals surface area contributed by atoms with Gasteiger partial charge in [-0.1, -0.05) is 111 Å². The summed E-state index contributed by atoms with van der Waals surface area (Å²) in [6.45, 7) is 4.46. The summed E-state index contributed by atoms with van der Waals surface area (Å²) in [5, 5.41) is 0. The maximum Gasteiger partial charge on any atom is 0.171 e. The summed E-state index contributed by atoms with van der Waals surface area (Å²) in [4.78, 5) is 48.0. The van der Waals surface area contributed by atoms with E-state index in [4.69, 9.17) is 0 Å². The monoisotopic (exact) mass is 564 g/mol. The number of benzene rings is 4. The Morgan fingerprint density at radius 1 is 0.419 bits per heavy atom. The highest BCUT2D eigenvalue weighted by atomic mass is 16.2. The van der Waals surface area contributed by atoms with Crippen LogP contribution in [0.25, 0.3) is 0 Å². The van der Waals surface area contributed by atoms with Crippen LogP contribution in [-0.2, 0) is 37.4 Å². The van der Waals surface area contributed by atoms with Crippen LogP contribution in [0.4, 0.5) is 0 Å². The fourth-order valence-corrected chi connectivity index (χ4v) is 6.02. The molecule has 0 unspecified atom stereocenters. The first-order chi connectivity index (χ1) is 20.7. The molecule has 0 saturated heterocycles. The molecule has 0 bridgehead atoms. The third-order valence-corrected chi connectivity index (χ3v) is 8.76. The van der Waals surface area contributed by atoms with Gasteiger partial charge in [0.25, 0.3) is 0 Å². The number of allylic oxidation sites excluding steroid dienone is 4. The van der Waals surface area contributed by atoms with Crippen molar-refractivity contribution in [2.24, 2.45) is 0 Å². The molecule has 0 heterocycles. The van der Waals surface area contributed by atoms with Gasteiger partial charge in [0.05, 0.1) is 0 Å². The third kappa shape index (κ3) is 5.74. The Labute approximate surface area is 251 Å². The minimum atomic E-state index is -0.684. The SMILES string of the molecule is CC(C)(c1ccc(Cc2ccc(C3C(=O)C=CC3=O)cc2)cc1)c1ccc(Cc2ccc(C3C(=O)C=CC3=O)cc2)cc1. The lowest BCUT2D eigenvalue weighted by Crippen LogP contribution is -2.18.